The van der Waals surface area contributed by atoms with Crippen molar-refractivity contribution in [3.8, 4) is 5.75 Å². The molecule has 0 bridgehead atoms. The molecule has 0 saturated carbocycles. The molecule has 0 saturated heterocycles. The summed E-state index contributed by atoms with van der Waals surface area (Å²) >= 11 is 0. The van der Waals surface area contributed by atoms with Gasteiger partial charge < -0.3 is 25.3 Å². The monoisotopic (exact) mass is 346 g/mol. The Hall–Kier alpha value is -2.96. The Morgan fingerprint density at radius 3 is 2.44 bits per heavy atom. The van der Waals surface area contributed by atoms with E-state index in [2.05, 4.69) is 5.32 Å². The lowest BCUT2D eigenvalue weighted by Gasteiger charge is -2.30. The second-order valence-electron chi connectivity index (χ2n) is 5.38. The van der Waals surface area contributed by atoms with Crippen LogP contribution >= 0.6 is 0 Å². The van der Waals surface area contributed by atoms with E-state index in [1.54, 1.807) is 38.1 Å². The summed E-state index contributed by atoms with van der Waals surface area (Å²) in [5.74, 6) is -1.26. The second-order valence-corrected chi connectivity index (χ2v) is 5.38. The van der Waals surface area contributed by atoms with E-state index < -0.39 is 17.9 Å². The first kappa shape index (κ1) is 18.4. The van der Waals surface area contributed by atoms with Crippen LogP contribution in [0.25, 0.3) is 0 Å². The van der Waals surface area contributed by atoms with E-state index in [0.717, 1.165) is 0 Å². The standard InChI is InChI=1S/C18H22N2O5/c1-5-25-18(22)15-14(11-8-6-7-9-12(11)23-3)13(17(21)24-4)10(2)20-16(15)19/h6-9,14,20H,5,19H2,1-4H3. The Labute approximate surface area is 146 Å². The minimum Gasteiger partial charge on any atom is -0.496 e. The number of allylic oxidation sites excluding steroid dienone is 1. The van der Waals surface area contributed by atoms with Crippen LogP contribution < -0.4 is 15.8 Å². The first-order valence-corrected chi connectivity index (χ1v) is 7.81. The molecule has 1 heterocycles. The fourth-order valence-electron chi connectivity index (χ4n) is 2.89. The Bertz CT molecular complexity index is 752. The molecule has 134 valence electrons. The largest absolute Gasteiger partial charge is 0.496 e. The van der Waals surface area contributed by atoms with E-state index in [1.165, 1.54) is 14.2 Å². The highest BCUT2D eigenvalue weighted by Crippen LogP contribution is 2.41. The fourth-order valence-corrected chi connectivity index (χ4v) is 2.89. The molecule has 0 spiro atoms. The molecule has 2 rings (SSSR count). The molecular formula is C18H22N2O5. The maximum absolute atomic E-state index is 12.5. The lowest BCUT2D eigenvalue weighted by atomic mass is 9.81. The summed E-state index contributed by atoms with van der Waals surface area (Å²) in [6.45, 7) is 3.58. The van der Waals surface area contributed by atoms with Crippen LogP contribution in [0, 0.1) is 0 Å². The number of para-hydroxylation sites is 1. The summed E-state index contributed by atoms with van der Waals surface area (Å²) in [4.78, 5) is 25.0. The van der Waals surface area contributed by atoms with Crippen LogP contribution in [0.2, 0.25) is 0 Å². The van der Waals surface area contributed by atoms with E-state index in [0.29, 0.717) is 17.0 Å². The molecule has 7 nitrogen and oxygen atoms in total. The number of carbonyl (C=O) groups is 2. The number of ether oxygens (including phenoxy) is 3. The van der Waals surface area contributed by atoms with Crippen molar-refractivity contribution in [1.29, 1.82) is 0 Å². The molecule has 0 radical (unpaired) electrons. The van der Waals surface area contributed by atoms with Gasteiger partial charge in [0, 0.05) is 11.3 Å². The number of nitrogens with one attached hydrogen (secondary N) is 1. The molecule has 1 aliphatic heterocycles. The topological polar surface area (TPSA) is 99.9 Å². The highest BCUT2D eigenvalue weighted by Gasteiger charge is 2.39. The highest BCUT2D eigenvalue weighted by atomic mass is 16.5. The van der Waals surface area contributed by atoms with Gasteiger partial charge >= 0.3 is 11.9 Å². The van der Waals surface area contributed by atoms with Crippen molar-refractivity contribution in [3.05, 3.63) is 52.5 Å². The van der Waals surface area contributed by atoms with Gasteiger partial charge in [-0.15, -0.1) is 0 Å². The molecule has 3 N–H and O–H groups in total. The Balaban J connectivity index is 2.72. The first-order chi connectivity index (χ1) is 12.0. The molecular weight excluding hydrogens is 324 g/mol. The summed E-state index contributed by atoms with van der Waals surface area (Å²) in [6.07, 6.45) is 0. The van der Waals surface area contributed by atoms with Crippen LogP contribution in [-0.2, 0) is 19.1 Å². The number of hydrogen-bond acceptors (Lipinski definition) is 7. The van der Waals surface area contributed by atoms with Gasteiger partial charge in [0.2, 0.25) is 0 Å². The minimum absolute atomic E-state index is 0.138. The predicted molar refractivity (Wildman–Crippen MR) is 91.4 cm³/mol. The van der Waals surface area contributed by atoms with E-state index in [9.17, 15) is 9.59 Å². The van der Waals surface area contributed by atoms with Crippen molar-refractivity contribution in [2.24, 2.45) is 5.73 Å². The van der Waals surface area contributed by atoms with Gasteiger partial charge in [0.1, 0.15) is 11.6 Å². The zero-order chi connectivity index (χ0) is 18.6. The molecule has 25 heavy (non-hydrogen) atoms. The molecule has 0 amide bonds. The quantitative estimate of drug-likeness (QED) is 0.781. The third-order valence-electron chi connectivity index (χ3n) is 3.94. The van der Waals surface area contributed by atoms with Gasteiger partial charge in [0.25, 0.3) is 0 Å². The zero-order valence-corrected chi connectivity index (χ0v) is 14.7. The van der Waals surface area contributed by atoms with Gasteiger partial charge in [-0.1, -0.05) is 18.2 Å². The summed E-state index contributed by atoms with van der Waals surface area (Å²) in [5.41, 5.74) is 7.63. The number of nitrogens with two attached hydrogens (primary N) is 1. The molecule has 1 aliphatic rings. The Kier molecular flexibility index (Phi) is 5.69. The molecule has 0 fully saturated rings. The van der Waals surface area contributed by atoms with Gasteiger partial charge in [-0.2, -0.15) is 0 Å². The Morgan fingerprint density at radius 1 is 1.16 bits per heavy atom. The predicted octanol–water partition coefficient (Wildman–Crippen LogP) is 1.56. The van der Waals surface area contributed by atoms with Crippen molar-refractivity contribution in [1.82, 2.24) is 5.32 Å². The zero-order valence-electron chi connectivity index (χ0n) is 14.7. The van der Waals surface area contributed by atoms with Crippen LogP contribution in [0.5, 0.6) is 5.75 Å². The van der Waals surface area contributed by atoms with Crippen LogP contribution in [0.4, 0.5) is 0 Å². The molecule has 0 aliphatic carbocycles. The maximum Gasteiger partial charge on any atom is 0.338 e. The third kappa shape index (κ3) is 3.45. The van der Waals surface area contributed by atoms with E-state index >= 15 is 0 Å². The summed E-state index contributed by atoms with van der Waals surface area (Å²) < 4.78 is 15.5. The minimum atomic E-state index is -0.760. The average molecular weight is 346 g/mol. The molecule has 1 aromatic rings. The Morgan fingerprint density at radius 2 is 1.84 bits per heavy atom. The van der Waals surface area contributed by atoms with E-state index in [-0.39, 0.29) is 23.6 Å². The van der Waals surface area contributed by atoms with Gasteiger partial charge in [0.05, 0.1) is 37.9 Å². The lowest BCUT2D eigenvalue weighted by molar-refractivity contribution is -0.139. The maximum atomic E-state index is 12.5. The van der Waals surface area contributed by atoms with Crippen molar-refractivity contribution >= 4 is 11.9 Å². The number of dihydropyridines is 1. The van der Waals surface area contributed by atoms with Crippen LogP contribution in [0.1, 0.15) is 25.3 Å². The SMILES string of the molecule is CCOC(=O)C1=C(N)NC(C)=C(C(=O)OC)C1c1ccccc1OC. The van der Waals surface area contributed by atoms with Gasteiger partial charge in [0.15, 0.2) is 0 Å². The number of rotatable bonds is 5. The number of methoxy groups -OCH3 is 2. The van der Waals surface area contributed by atoms with Crippen LogP contribution in [0.15, 0.2) is 46.9 Å². The fraction of sp³-hybridized carbons (Fsp3) is 0.333. The number of esters is 2. The first-order valence-electron chi connectivity index (χ1n) is 7.81. The highest BCUT2D eigenvalue weighted by molar-refractivity contribution is 6.00. The van der Waals surface area contributed by atoms with Crippen molar-refractivity contribution in [2.45, 2.75) is 19.8 Å². The summed E-state index contributed by atoms with van der Waals surface area (Å²) in [6, 6.07) is 7.12. The van der Waals surface area contributed by atoms with Crippen molar-refractivity contribution < 1.29 is 23.8 Å². The molecule has 7 heteroatoms. The number of hydrogen-bond donors (Lipinski definition) is 2. The number of carbonyl (C=O) groups excluding carboxylic acids is 2. The van der Waals surface area contributed by atoms with Crippen LogP contribution in [-0.4, -0.2) is 32.8 Å². The second kappa shape index (κ2) is 7.74. The molecule has 1 unspecified atom stereocenters. The smallest absolute Gasteiger partial charge is 0.338 e. The van der Waals surface area contributed by atoms with Gasteiger partial charge in [-0.3, -0.25) is 0 Å². The summed E-state index contributed by atoms with van der Waals surface area (Å²) in [5, 5.41) is 2.87. The molecule has 0 aromatic heterocycles. The average Bonchev–Trinajstić information content (AvgIpc) is 2.60. The van der Waals surface area contributed by atoms with Crippen molar-refractivity contribution in [2.75, 3.05) is 20.8 Å². The summed E-state index contributed by atoms with van der Waals surface area (Å²) in [7, 11) is 2.80. The van der Waals surface area contributed by atoms with Gasteiger partial charge in [-0.05, 0) is 19.9 Å². The van der Waals surface area contributed by atoms with E-state index in [1.807, 2.05) is 0 Å². The molecule has 1 atom stereocenters. The molecule has 1 aromatic carbocycles. The normalized spacial score (nSPS) is 17.0. The van der Waals surface area contributed by atoms with E-state index in [4.69, 9.17) is 19.9 Å². The van der Waals surface area contributed by atoms with Crippen LogP contribution in [0.3, 0.4) is 0 Å². The lowest BCUT2D eigenvalue weighted by Crippen LogP contribution is -2.36. The third-order valence-corrected chi connectivity index (χ3v) is 3.94. The van der Waals surface area contributed by atoms with Crippen molar-refractivity contribution in [3.63, 3.8) is 0 Å². The number of benzene rings is 1. The van der Waals surface area contributed by atoms with Gasteiger partial charge in [-0.25, -0.2) is 9.59 Å².